The first-order valence-corrected chi connectivity index (χ1v) is 6.37. The minimum atomic E-state index is -0.366. The first-order chi connectivity index (χ1) is 8.24. The maximum absolute atomic E-state index is 12.3. The summed E-state index contributed by atoms with van der Waals surface area (Å²) < 4.78 is 4.75. The number of nitrogens with zero attached hydrogens (tertiary/aromatic N) is 2. The zero-order chi connectivity index (χ0) is 12.3. The quantitative estimate of drug-likeness (QED) is 0.648. The predicted octanol–water partition coefficient (Wildman–Crippen LogP) is 1.23. The van der Waals surface area contributed by atoms with E-state index in [2.05, 4.69) is 0 Å². The van der Waals surface area contributed by atoms with Gasteiger partial charge in [0.1, 0.15) is 6.04 Å². The van der Waals surface area contributed by atoms with Crippen LogP contribution in [0.4, 0.5) is 4.79 Å². The number of rotatable bonds is 1. The van der Waals surface area contributed by atoms with Gasteiger partial charge in [0.05, 0.1) is 7.11 Å². The average Bonchev–Trinajstić information content (AvgIpc) is 2.87. The Hall–Kier alpha value is -1.26. The van der Waals surface area contributed by atoms with Crippen LogP contribution in [0.2, 0.25) is 0 Å². The van der Waals surface area contributed by atoms with E-state index in [9.17, 15) is 9.59 Å². The number of hydrogen-bond donors (Lipinski definition) is 0. The van der Waals surface area contributed by atoms with Gasteiger partial charge in [0.25, 0.3) is 0 Å². The highest BCUT2D eigenvalue weighted by molar-refractivity contribution is 5.84. The number of carbonyl (C=O) groups is 2. The molecule has 0 radical (unpaired) electrons. The third kappa shape index (κ3) is 2.53. The molecule has 2 rings (SSSR count). The third-order valence-electron chi connectivity index (χ3n) is 3.60. The molecule has 2 amide bonds. The normalized spacial score (nSPS) is 24.9. The molecule has 1 unspecified atom stereocenters. The largest absolute Gasteiger partial charge is 0.467 e. The first kappa shape index (κ1) is 12.2. The summed E-state index contributed by atoms with van der Waals surface area (Å²) in [6, 6.07) is -0.355. The summed E-state index contributed by atoms with van der Waals surface area (Å²) in [6.45, 7) is 2.32. The van der Waals surface area contributed by atoms with Crippen LogP contribution in [0.1, 0.15) is 32.1 Å². The van der Waals surface area contributed by atoms with Crippen LogP contribution in [0.25, 0.3) is 0 Å². The molecule has 2 aliphatic heterocycles. The van der Waals surface area contributed by atoms with Gasteiger partial charge in [-0.1, -0.05) is 0 Å². The fourth-order valence-electron chi connectivity index (χ4n) is 2.64. The van der Waals surface area contributed by atoms with Crippen LogP contribution in [0.15, 0.2) is 0 Å². The van der Waals surface area contributed by atoms with E-state index in [0.717, 1.165) is 38.8 Å². The molecule has 0 aromatic carbocycles. The average molecular weight is 240 g/mol. The van der Waals surface area contributed by atoms with Crippen LogP contribution < -0.4 is 0 Å². The van der Waals surface area contributed by atoms with Crippen LogP contribution in [-0.2, 0) is 9.53 Å². The van der Waals surface area contributed by atoms with Crippen molar-refractivity contribution >= 4 is 12.0 Å². The van der Waals surface area contributed by atoms with Crippen molar-refractivity contribution in [1.82, 2.24) is 9.80 Å². The molecule has 0 aliphatic carbocycles. The molecule has 2 fully saturated rings. The van der Waals surface area contributed by atoms with Crippen molar-refractivity contribution in [3.8, 4) is 0 Å². The maximum atomic E-state index is 12.3. The number of likely N-dealkylation sites (tertiary alicyclic amines) is 2. The summed E-state index contributed by atoms with van der Waals surface area (Å²) in [6.07, 6.45) is 4.96. The highest BCUT2D eigenvalue weighted by Crippen LogP contribution is 2.21. The molecular weight excluding hydrogens is 220 g/mol. The Labute approximate surface area is 102 Å². The van der Waals surface area contributed by atoms with E-state index in [1.165, 1.54) is 13.5 Å². The Bertz CT molecular complexity index is 300. The lowest BCUT2D eigenvalue weighted by atomic mass is 10.1. The molecule has 0 aromatic heterocycles. The number of methoxy groups -OCH3 is 1. The molecule has 2 heterocycles. The minimum absolute atomic E-state index is 0.0117. The van der Waals surface area contributed by atoms with Crippen molar-refractivity contribution in [2.24, 2.45) is 0 Å². The molecule has 0 aromatic rings. The van der Waals surface area contributed by atoms with Gasteiger partial charge < -0.3 is 14.5 Å². The van der Waals surface area contributed by atoms with Crippen LogP contribution >= 0.6 is 0 Å². The fraction of sp³-hybridized carbons (Fsp3) is 0.833. The van der Waals surface area contributed by atoms with Crippen LogP contribution in [0.5, 0.6) is 0 Å². The van der Waals surface area contributed by atoms with E-state index < -0.39 is 0 Å². The lowest BCUT2D eigenvalue weighted by Gasteiger charge is -2.33. The van der Waals surface area contributed by atoms with E-state index in [4.69, 9.17) is 4.74 Å². The van der Waals surface area contributed by atoms with Gasteiger partial charge >= 0.3 is 12.0 Å². The number of amides is 2. The Morgan fingerprint density at radius 1 is 1.06 bits per heavy atom. The summed E-state index contributed by atoms with van der Waals surface area (Å²) in [4.78, 5) is 27.4. The molecule has 0 bridgehead atoms. The molecule has 5 nitrogen and oxygen atoms in total. The number of urea groups is 1. The highest BCUT2D eigenvalue weighted by Gasteiger charge is 2.37. The fourth-order valence-corrected chi connectivity index (χ4v) is 2.64. The third-order valence-corrected chi connectivity index (χ3v) is 3.60. The molecule has 2 saturated heterocycles. The topological polar surface area (TPSA) is 49.9 Å². The van der Waals surface area contributed by atoms with Gasteiger partial charge in [-0.25, -0.2) is 9.59 Å². The van der Waals surface area contributed by atoms with E-state index in [1.54, 1.807) is 4.90 Å². The van der Waals surface area contributed by atoms with Crippen LogP contribution in [0, 0.1) is 0 Å². The summed E-state index contributed by atoms with van der Waals surface area (Å²) in [5.41, 5.74) is 0. The van der Waals surface area contributed by atoms with E-state index in [-0.39, 0.29) is 18.0 Å². The van der Waals surface area contributed by atoms with Gasteiger partial charge in [-0.15, -0.1) is 0 Å². The van der Waals surface area contributed by atoms with Crippen molar-refractivity contribution in [3.63, 3.8) is 0 Å². The van der Waals surface area contributed by atoms with Gasteiger partial charge in [-0.2, -0.15) is 0 Å². The van der Waals surface area contributed by atoms with E-state index in [1.807, 2.05) is 4.90 Å². The smallest absolute Gasteiger partial charge is 0.328 e. The molecule has 17 heavy (non-hydrogen) atoms. The molecule has 0 N–H and O–H groups in total. The standard InChI is InChI=1S/C12H20N2O3/c1-17-11(15)10-6-5-9-14(10)12(16)13-7-3-2-4-8-13/h10H,2-9H2,1H3. The molecule has 96 valence electrons. The van der Waals surface area contributed by atoms with Crippen molar-refractivity contribution in [2.75, 3.05) is 26.7 Å². The van der Waals surface area contributed by atoms with E-state index in [0.29, 0.717) is 6.54 Å². The molecule has 0 spiro atoms. The molecular formula is C12H20N2O3. The number of piperidine rings is 1. The van der Waals surface area contributed by atoms with Gasteiger partial charge in [-0.3, -0.25) is 0 Å². The summed E-state index contributed by atoms with van der Waals surface area (Å²) >= 11 is 0. The van der Waals surface area contributed by atoms with Crippen molar-refractivity contribution in [3.05, 3.63) is 0 Å². The van der Waals surface area contributed by atoms with Gasteiger partial charge in [0.2, 0.25) is 0 Å². The SMILES string of the molecule is COC(=O)C1CCCN1C(=O)N1CCCCC1. The zero-order valence-corrected chi connectivity index (χ0v) is 10.4. The molecule has 5 heteroatoms. The van der Waals surface area contributed by atoms with Gasteiger partial charge in [0.15, 0.2) is 0 Å². The second-order valence-electron chi connectivity index (χ2n) is 4.70. The van der Waals surface area contributed by atoms with E-state index >= 15 is 0 Å². The Kier molecular flexibility index (Phi) is 3.86. The Morgan fingerprint density at radius 3 is 2.41 bits per heavy atom. The predicted molar refractivity (Wildman–Crippen MR) is 62.6 cm³/mol. The monoisotopic (exact) mass is 240 g/mol. The maximum Gasteiger partial charge on any atom is 0.328 e. The van der Waals surface area contributed by atoms with Crippen molar-refractivity contribution < 1.29 is 14.3 Å². The number of esters is 1. The van der Waals surface area contributed by atoms with Crippen LogP contribution in [0.3, 0.4) is 0 Å². The second kappa shape index (κ2) is 5.38. The number of hydrogen-bond acceptors (Lipinski definition) is 3. The molecule has 0 saturated carbocycles. The van der Waals surface area contributed by atoms with Gasteiger partial charge in [-0.05, 0) is 32.1 Å². The van der Waals surface area contributed by atoms with Gasteiger partial charge in [0, 0.05) is 19.6 Å². The summed E-state index contributed by atoms with van der Waals surface area (Å²) in [5, 5.41) is 0. The molecule has 2 aliphatic rings. The highest BCUT2D eigenvalue weighted by atomic mass is 16.5. The summed E-state index contributed by atoms with van der Waals surface area (Å²) in [5.74, 6) is -0.284. The zero-order valence-electron chi connectivity index (χ0n) is 10.4. The minimum Gasteiger partial charge on any atom is -0.467 e. The first-order valence-electron chi connectivity index (χ1n) is 6.37. The summed E-state index contributed by atoms with van der Waals surface area (Å²) in [7, 11) is 1.38. The van der Waals surface area contributed by atoms with Crippen molar-refractivity contribution in [1.29, 1.82) is 0 Å². The number of ether oxygens (including phenoxy) is 1. The Morgan fingerprint density at radius 2 is 1.76 bits per heavy atom. The Balaban J connectivity index is 1.99. The number of carbonyl (C=O) groups excluding carboxylic acids is 2. The lowest BCUT2D eigenvalue weighted by molar-refractivity contribution is -0.145. The molecule has 1 atom stereocenters. The van der Waals surface area contributed by atoms with Crippen LogP contribution in [-0.4, -0.2) is 54.6 Å². The lowest BCUT2D eigenvalue weighted by Crippen LogP contribution is -2.49. The second-order valence-corrected chi connectivity index (χ2v) is 4.70. The van der Waals surface area contributed by atoms with Crippen molar-refractivity contribution in [2.45, 2.75) is 38.1 Å².